The number of pyridine rings is 1. The van der Waals surface area contributed by atoms with Crippen LogP contribution in [0.25, 0.3) is 11.4 Å². The average Bonchev–Trinajstić information content (AvgIpc) is 2.66. The molecule has 0 radical (unpaired) electrons. The van der Waals surface area contributed by atoms with E-state index in [0.717, 1.165) is 11.4 Å². The second-order valence-electron chi connectivity index (χ2n) is 4.64. The Hall–Kier alpha value is -1.91. The van der Waals surface area contributed by atoms with E-state index in [4.69, 9.17) is 0 Å². The molecule has 0 unspecified atom stereocenters. The van der Waals surface area contributed by atoms with Crippen LogP contribution in [0, 0.1) is 0 Å². The van der Waals surface area contributed by atoms with E-state index >= 15 is 0 Å². The Balaban J connectivity index is 2.53. The number of H-pyrrole nitrogens is 1. The van der Waals surface area contributed by atoms with Gasteiger partial charge in [-0.2, -0.15) is 0 Å². The fraction of sp³-hybridized carbons (Fsp3) is 0.364. The van der Waals surface area contributed by atoms with Crippen molar-refractivity contribution in [1.82, 2.24) is 19.7 Å². The van der Waals surface area contributed by atoms with Crippen molar-refractivity contribution in [2.24, 2.45) is 0 Å². The van der Waals surface area contributed by atoms with Crippen LogP contribution in [0.4, 0.5) is 0 Å². The number of aromatic nitrogens is 4. The maximum absolute atomic E-state index is 11.0. The molecule has 16 heavy (non-hydrogen) atoms. The summed E-state index contributed by atoms with van der Waals surface area (Å²) in [6, 6.07) is 3.22. The van der Waals surface area contributed by atoms with Crippen LogP contribution >= 0.6 is 0 Å². The van der Waals surface area contributed by atoms with Crippen LogP contribution in [0.3, 0.4) is 0 Å². The number of hydrogen-bond acceptors (Lipinski definition) is 3. The Labute approximate surface area is 93.2 Å². The normalized spacial score (nSPS) is 11.7. The van der Waals surface area contributed by atoms with E-state index in [2.05, 4.69) is 36.0 Å². The summed E-state index contributed by atoms with van der Waals surface area (Å²) in [5, 5.41) is 7.98. The van der Waals surface area contributed by atoms with Crippen LogP contribution in [0.2, 0.25) is 0 Å². The molecule has 0 spiro atoms. The number of aromatic amines is 1. The topological polar surface area (TPSA) is 63.6 Å². The summed E-state index contributed by atoms with van der Waals surface area (Å²) < 4.78 is 1.97. The lowest BCUT2D eigenvalue weighted by Crippen LogP contribution is -2.22. The highest BCUT2D eigenvalue weighted by molar-refractivity contribution is 5.53. The van der Waals surface area contributed by atoms with Crippen LogP contribution in [0.5, 0.6) is 0 Å². The van der Waals surface area contributed by atoms with Gasteiger partial charge >= 0.3 is 0 Å². The fourth-order valence-corrected chi connectivity index (χ4v) is 1.47. The van der Waals surface area contributed by atoms with Crippen LogP contribution in [0.1, 0.15) is 20.8 Å². The third kappa shape index (κ3) is 1.88. The Morgan fingerprint density at radius 2 is 2.06 bits per heavy atom. The largest absolute Gasteiger partial charge is 0.328 e. The molecule has 0 aliphatic heterocycles. The molecule has 0 aliphatic carbocycles. The standard InChI is InChI=1S/C11H14N4O/c1-11(2,3)15-7-13-14-10(15)8-4-5-9(16)12-6-8/h4-7H,1-3H3,(H,12,16). The Bertz CT molecular complexity index is 527. The fourth-order valence-electron chi connectivity index (χ4n) is 1.47. The van der Waals surface area contributed by atoms with Gasteiger partial charge in [0.15, 0.2) is 5.82 Å². The first kappa shape index (κ1) is 10.6. The molecule has 0 bridgehead atoms. The van der Waals surface area contributed by atoms with Crippen molar-refractivity contribution in [2.75, 3.05) is 0 Å². The highest BCUT2D eigenvalue weighted by atomic mass is 16.1. The van der Waals surface area contributed by atoms with E-state index < -0.39 is 0 Å². The zero-order valence-corrected chi connectivity index (χ0v) is 9.56. The quantitative estimate of drug-likeness (QED) is 0.786. The number of nitrogens with one attached hydrogen (secondary N) is 1. The van der Waals surface area contributed by atoms with Crippen LogP contribution < -0.4 is 5.56 Å². The van der Waals surface area contributed by atoms with E-state index in [1.54, 1.807) is 18.6 Å². The van der Waals surface area contributed by atoms with Gasteiger partial charge in [-0.05, 0) is 26.8 Å². The van der Waals surface area contributed by atoms with E-state index in [-0.39, 0.29) is 11.1 Å². The van der Waals surface area contributed by atoms with Gasteiger partial charge in [-0.25, -0.2) is 0 Å². The predicted molar refractivity (Wildman–Crippen MR) is 61.1 cm³/mol. The second kappa shape index (κ2) is 3.59. The molecule has 5 nitrogen and oxygen atoms in total. The van der Waals surface area contributed by atoms with Crippen molar-refractivity contribution in [1.29, 1.82) is 0 Å². The first-order chi connectivity index (χ1) is 7.48. The van der Waals surface area contributed by atoms with Crippen molar-refractivity contribution in [3.8, 4) is 11.4 Å². The summed E-state index contributed by atoms with van der Waals surface area (Å²) in [5.41, 5.74) is 0.646. The van der Waals surface area contributed by atoms with Gasteiger partial charge in [0, 0.05) is 23.4 Å². The molecule has 0 amide bonds. The van der Waals surface area contributed by atoms with Gasteiger partial charge in [0.2, 0.25) is 5.56 Å². The van der Waals surface area contributed by atoms with Gasteiger partial charge in [-0.15, -0.1) is 10.2 Å². The summed E-state index contributed by atoms with van der Waals surface area (Å²) in [6.07, 6.45) is 3.34. The van der Waals surface area contributed by atoms with E-state index in [0.29, 0.717) is 0 Å². The summed E-state index contributed by atoms with van der Waals surface area (Å²) in [7, 11) is 0. The number of nitrogens with zero attached hydrogens (tertiary/aromatic N) is 3. The smallest absolute Gasteiger partial charge is 0.247 e. The number of hydrogen-bond donors (Lipinski definition) is 1. The van der Waals surface area contributed by atoms with Gasteiger partial charge in [0.25, 0.3) is 0 Å². The Kier molecular flexibility index (Phi) is 2.38. The monoisotopic (exact) mass is 218 g/mol. The minimum absolute atomic E-state index is 0.0883. The van der Waals surface area contributed by atoms with Gasteiger partial charge < -0.3 is 9.55 Å². The summed E-state index contributed by atoms with van der Waals surface area (Å²) in [6.45, 7) is 6.22. The van der Waals surface area contributed by atoms with Gasteiger partial charge in [-0.1, -0.05) is 0 Å². The van der Waals surface area contributed by atoms with E-state index in [1.807, 2.05) is 4.57 Å². The molecule has 0 aromatic carbocycles. The zero-order valence-electron chi connectivity index (χ0n) is 9.56. The second-order valence-corrected chi connectivity index (χ2v) is 4.64. The van der Waals surface area contributed by atoms with Gasteiger partial charge in [0.1, 0.15) is 6.33 Å². The van der Waals surface area contributed by atoms with Crippen molar-refractivity contribution < 1.29 is 0 Å². The van der Waals surface area contributed by atoms with Gasteiger partial charge in [0.05, 0.1) is 0 Å². The summed E-state index contributed by atoms with van der Waals surface area (Å²) in [4.78, 5) is 13.6. The minimum atomic E-state index is -0.120. The molecule has 1 N–H and O–H groups in total. The van der Waals surface area contributed by atoms with Crippen LogP contribution in [0.15, 0.2) is 29.5 Å². The molecule has 2 aromatic rings. The molecular formula is C11H14N4O. The SMILES string of the molecule is CC(C)(C)n1cnnc1-c1ccc(=O)[nH]c1. The first-order valence-corrected chi connectivity index (χ1v) is 5.08. The third-order valence-electron chi connectivity index (χ3n) is 2.31. The highest BCUT2D eigenvalue weighted by Crippen LogP contribution is 2.22. The third-order valence-corrected chi connectivity index (χ3v) is 2.31. The predicted octanol–water partition coefficient (Wildman–Crippen LogP) is 1.39. The Morgan fingerprint density at radius 1 is 1.31 bits per heavy atom. The summed E-state index contributed by atoms with van der Waals surface area (Å²) >= 11 is 0. The lowest BCUT2D eigenvalue weighted by molar-refractivity contribution is 0.399. The van der Waals surface area contributed by atoms with Crippen LogP contribution in [-0.2, 0) is 5.54 Å². The zero-order chi connectivity index (χ0) is 11.8. The highest BCUT2D eigenvalue weighted by Gasteiger charge is 2.18. The van der Waals surface area contributed by atoms with Crippen molar-refractivity contribution in [3.63, 3.8) is 0 Å². The maximum Gasteiger partial charge on any atom is 0.247 e. The molecule has 0 saturated heterocycles. The molecule has 2 rings (SSSR count). The average molecular weight is 218 g/mol. The van der Waals surface area contributed by atoms with Crippen molar-refractivity contribution in [3.05, 3.63) is 35.0 Å². The van der Waals surface area contributed by atoms with Crippen molar-refractivity contribution in [2.45, 2.75) is 26.3 Å². The molecule has 2 heterocycles. The van der Waals surface area contributed by atoms with E-state index in [1.165, 1.54) is 6.07 Å². The lowest BCUT2D eigenvalue weighted by atomic mass is 10.1. The molecule has 0 atom stereocenters. The minimum Gasteiger partial charge on any atom is -0.328 e. The summed E-state index contributed by atoms with van der Waals surface area (Å²) in [5.74, 6) is 0.753. The van der Waals surface area contributed by atoms with Crippen molar-refractivity contribution >= 4 is 0 Å². The lowest BCUT2D eigenvalue weighted by Gasteiger charge is -2.22. The molecule has 0 aliphatic rings. The number of rotatable bonds is 1. The van der Waals surface area contributed by atoms with Gasteiger partial charge in [-0.3, -0.25) is 4.79 Å². The molecule has 0 fully saturated rings. The molecular weight excluding hydrogens is 204 g/mol. The molecule has 2 aromatic heterocycles. The molecule has 5 heteroatoms. The first-order valence-electron chi connectivity index (χ1n) is 5.08. The molecule has 0 saturated carbocycles. The maximum atomic E-state index is 11.0. The molecule has 84 valence electrons. The van der Waals surface area contributed by atoms with E-state index in [9.17, 15) is 4.79 Å². The Morgan fingerprint density at radius 3 is 2.62 bits per heavy atom. The van der Waals surface area contributed by atoms with Crippen LogP contribution in [-0.4, -0.2) is 19.7 Å².